The van der Waals surface area contributed by atoms with Crippen LogP contribution < -0.4 is 10.6 Å². The Balaban J connectivity index is 1.84. The zero-order valence-electron chi connectivity index (χ0n) is 11.0. The first-order valence-corrected chi connectivity index (χ1v) is 6.81. The van der Waals surface area contributed by atoms with Gasteiger partial charge in [-0.25, -0.2) is 4.98 Å². The highest BCUT2D eigenvalue weighted by atomic mass is 35.5. The Hall–Kier alpha value is -2.07. The SMILES string of the molecule is Cc1cnc(Cl)c(NC(=O)c2ccc3c(c2)NCC3)c1. The standard InChI is InChI=1S/C15H14ClN3O/c1-9-6-13(14(16)18-8-9)19-15(20)11-3-2-10-4-5-17-12(10)7-11/h2-3,6-8,17H,4-5H2,1H3,(H,19,20). The van der Waals surface area contributed by atoms with E-state index in [-0.39, 0.29) is 5.91 Å². The molecule has 0 aliphatic carbocycles. The maximum atomic E-state index is 12.3. The maximum Gasteiger partial charge on any atom is 0.255 e. The minimum atomic E-state index is -0.184. The quantitative estimate of drug-likeness (QED) is 0.834. The Labute approximate surface area is 122 Å². The summed E-state index contributed by atoms with van der Waals surface area (Å²) >= 11 is 5.98. The number of carbonyl (C=O) groups is 1. The average Bonchev–Trinajstić information content (AvgIpc) is 2.90. The summed E-state index contributed by atoms with van der Waals surface area (Å²) < 4.78 is 0. The summed E-state index contributed by atoms with van der Waals surface area (Å²) in [6, 6.07) is 7.49. The predicted molar refractivity (Wildman–Crippen MR) is 80.6 cm³/mol. The predicted octanol–water partition coefficient (Wildman–Crippen LogP) is 3.26. The third kappa shape index (κ3) is 2.47. The number of benzene rings is 1. The molecule has 0 atom stereocenters. The Bertz CT molecular complexity index is 685. The fourth-order valence-corrected chi connectivity index (χ4v) is 2.42. The van der Waals surface area contributed by atoms with E-state index in [1.165, 1.54) is 5.56 Å². The Morgan fingerprint density at radius 2 is 2.25 bits per heavy atom. The number of nitrogens with one attached hydrogen (secondary N) is 2. The van der Waals surface area contributed by atoms with Gasteiger partial charge in [0.25, 0.3) is 5.91 Å². The topological polar surface area (TPSA) is 54.0 Å². The summed E-state index contributed by atoms with van der Waals surface area (Å²) in [6.45, 7) is 2.83. The summed E-state index contributed by atoms with van der Waals surface area (Å²) in [5.74, 6) is -0.184. The number of fused-ring (bicyclic) bond motifs is 1. The number of aromatic nitrogens is 1. The number of rotatable bonds is 2. The molecule has 0 radical (unpaired) electrons. The van der Waals surface area contributed by atoms with Gasteiger partial charge in [0, 0.05) is 24.0 Å². The minimum Gasteiger partial charge on any atom is -0.384 e. The molecular formula is C15H14ClN3O. The monoisotopic (exact) mass is 287 g/mol. The highest BCUT2D eigenvalue weighted by Crippen LogP contribution is 2.25. The second-order valence-electron chi connectivity index (χ2n) is 4.85. The average molecular weight is 288 g/mol. The number of pyridine rings is 1. The highest BCUT2D eigenvalue weighted by Gasteiger charge is 2.14. The maximum absolute atomic E-state index is 12.3. The van der Waals surface area contributed by atoms with Crippen LogP contribution in [0.4, 0.5) is 11.4 Å². The number of carbonyl (C=O) groups excluding carboxylic acids is 1. The number of hydrogen-bond acceptors (Lipinski definition) is 3. The molecule has 1 aliphatic rings. The molecule has 1 aliphatic heterocycles. The summed E-state index contributed by atoms with van der Waals surface area (Å²) in [4.78, 5) is 16.3. The van der Waals surface area contributed by atoms with Crippen LogP contribution in [-0.2, 0) is 6.42 Å². The van der Waals surface area contributed by atoms with E-state index in [2.05, 4.69) is 15.6 Å². The van der Waals surface area contributed by atoms with E-state index >= 15 is 0 Å². The molecule has 2 N–H and O–H groups in total. The molecule has 1 aromatic carbocycles. The van der Waals surface area contributed by atoms with Gasteiger partial charge in [-0.1, -0.05) is 17.7 Å². The number of amides is 1. The van der Waals surface area contributed by atoms with Gasteiger partial charge in [-0.15, -0.1) is 0 Å². The molecule has 1 amide bonds. The van der Waals surface area contributed by atoms with Crippen molar-refractivity contribution in [3.05, 3.63) is 52.3 Å². The van der Waals surface area contributed by atoms with Crippen molar-refractivity contribution in [2.45, 2.75) is 13.3 Å². The second kappa shape index (κ2) is 5.13. The van der Waals surface area contributed by atoms with Gasteiger partial charge in [0.1, 0.15) is 0 Å². The Morgan fingerprint density at radius 3 is 3.10 bits per heavy atom. The largest absolute Gasteiger partial charge is 0.384 e. The normalized spacial score (nSPS) is 12.7. The molecule has 0 fully saturated rings. The first-order valence-electron chi connectivity index (χ1n) is 6.44. The lowest BCUT2D eigenvalue weighted by Gasteiger charge is -2.08. The lowest BCUT2D eigenvalue weighted by Crippen LogP contribution is -2.13. The van der Waals surface area contributed by atoms with E-state index in [0.717, 1.165) is 24.2 Å². The van der Waals surface area contributed by atoms with Crippen LogP contribution in [0.25, 0.3) is 0 Å². The van der Waals surface area contributed by atoms with Crippen molar-refractivity contribution in [3.8, 4) is 0 Å². The van der Waals surface area contributed by atoms with Crippen molar-refractivity contribution in [3.63, 3.8) is 0 Å². The summed E-state index contributed by atoms with van der Waals surface area (Å²) in [6.07, 6.45) is 2.67. The third-order valence-electron chi connectivity index (χ3n) is 3.31. The van der Waals surface area contributed by atoms with Crippen LogP contribution in [0.3, 0.4) is 0 Å². The Morgan fingerprint density at radius 1 is 1.40 bits per heavy atom. The van der Waals surface area contributed by atoms with E-state index in [4.69, 9.17) is 11.6 Å². The number of hydrogen-bond donors (Lipinski definition) is 2. The first kappa shape index (κ1) is 12.9. The van der Waals surface area contributed by atoms with E-state index in [0.29, 0.717) is 16.4 Å². The molecule has 102 valence electrons. The van der Waals surface area contributed by atoms with Gasteiger partial charge < -0.3 is 10.6 Å². The van der Waals surface area contributed by atoms with Gasteiger partial charge >= 0.3 is 0 Å². The number of aryl methyl sites for hydroxylation is 1. The van der Waals surface area contributed by atoms with Crippen molar-refractivity contribution < 1.29 is 4.79 Å². The molecule has 1 aromatic heterocycles. The van der Waals surface area contributed by atoms with Crippen LogP contribution >= 0.6 is 11.6 Å². The van der Waals surface area contributed by atoms with Crippen molar-refractivity contribution in [1.82, 2.24) is 4.98 Å². The molecule has 20 heavy (non-hydrogen) atoms. The zero-order chi connectivity index (χ0) is 14.1. The van der Waals surface area contributed by atoms with Crippen LogP contribution in [0, 0.1) is 6.92 Å². The molecule has 0 spiro atoms. The van der Waals surface area contributed by atoms with Gasteiger partial charge in [0.05, 0.1) is 5.69 Å². The third-order valence-corrected chi connectivity index (χ3v) is 3.61. The van der Waals surface area contributed by atoms with Crippen LogP contribution in [0.5, 0.6) is 0 Å². The van der Waals surface area contributed by atoms with Crippen molar-refractivity contribution in [2.24, 2.45) is 0 Å². The van der Waals surface area contributed by atoms with E-state index < -0.39 is 0 Å². The van der Waals surface area contributed by atoms with Crippen LogP contribution in [0.2, 0.25) is 5.15 Å². The molecule has 3 rings (SSSR count). The van der Waals surface area contributed by atoms with Gasteiger partial charge in [0.2, 0.25) is 0 Å². The molecule has 2 heterocycles. The van der Waals surface area contributed by atoms with Gasteiger partial charge in [0.15, 0.2) is 5.15 Å². The first-order chi connectivity index (χ1) is 9.63. The highest BCUT2D eigenvalue weighted by molar-refractivity contribution is 6.32. The molecule has 0 unspecified atom stereocenters. The smallest absolute Gasteiger partial charge is 0.255 e. The lowest BCUT2D eigenvalue weighted by molar-refractivity contribution is 0.102. The molecule has 4 nitrogen and oxygen atoms in total. The van der Waals surface area contributed by atoms with Crippen molar-refractivity contribution >= 4 is 28.9 Å². The van der Waals surface area contributed by atoms with E-state index in [9.17, 15) is 4.79 Å². The summed E-state index contributed by atoms with van der Waals surface area (Å²) in [7, 11) is 0. The summed E-state index contributed by atoms with van der Waals surface area (Å²) in [5, 5.41) is 6.35. The minimum absolute atomic E-state index is 0.184. The van der Waals surface area contributed by atoms with Gasteiger partial charge in [-0.2, -0.15) is 0 Å². The summed E-state index contributed by atoms with van der Waals surface area (Å²) in [5.41, 5.74) is 4.36. The van der Waals surface area contributed by atoms with Crippen LogP contribution in [-0.4, -0.2) is 17.4 Å². The number of anilines is 2. The van der Waals surface area contributed by atoms with Crippen molar-refractivity contribution in [2.75, 3.05) is 17.2 Å². The van der Waals surface area contributed by atoms with E-state index in [1.54, 1.807) is 12.3 Å². The molecule has 2 aromatic rings. The van der Waals surface area contributed by atoms with Gasteiger partial charge in [-0.3, -0.25) is 4.79 Å². The van der Waals surface area contributed by atoms with Gasteiger partial charge in [-0.05, 0) is 42.7 Å². The molecule has 0 bridgehead atoms. The van der Waals surface area contributed by atoms with Crippen molar-refractivity contribution in [1.29, 1.82) is 0 Å². The van der Waals surface area contributed by atoms with E-state index in [1.807, 2.05) is 25.1 Å². The number of halogens is 1. The van der Waals surface area contributed by atoms with Crippen LogP contribution in [0.1, 0.15) is 21.5 Å². The lowest BCUT2D eigenvalue weighted by atomic mass is 10.1. The fourth-order valence-electron chi connectivity index (χ4n) is 2.27. The Kier molecular flexibility index (Phi) is 3.32. The number of nitrogens with zero attached hydrogens (tertiary/aromatic N) is 1. The fraction of sp³-hybridized carbons (Fsp3) is 0.200. The molecular weight excluding hydrogens is 274 g/mol. The molecule has 5 heteroatoms. The second-order valence-corrected chi connectivity index (χ2v) is 5.21. The van der Waals surface area contributed by atoms with Crippen LogP contribution in [0.15, 0.2) is 30.5 Å². The molecule has 0 saturated carbocycles. The molecule has 0 saturated heterocycles. The zero-order valence-corrected chi connectivity index (χ0v) is 11.8.